The molecule has 0 spiro atoms. The molecule has 20 heavy (non-hydrogen) atoms. The number of urea groups is 1. The van der Waals surface area contributed by atoms with Crippen molar-refractivity contribution in [2.45, 2.75) is 56.4 Å². The van der Waals surface area contributed by atoms with Crippen LogP contribution in [0.3, 0.4) is 0 Å². The van der Waals surface area contributed by atoms with Crippen molar-refractivity contribution in [2.75, 3.05) is 31.9 Å². The highest BCUT2D eigenvalue weighted by atomic mass is 32.2. The van der Waals surface area contributed by atoms with E-state index in [-0.39, 0.29) is 6.03 Å². The summed E-state index contributed by atoms with van der Waals surface area (Å²) in [4.78, 5) is 17.1. The van der Waals surface area contributed by atoms with Gasteiger partial charge in [0.2, 0.25) is 0 Å². The van der Waals surface area contributed by atoms with Gasteiger partial charge in [-0.15, -0.1) is 0 Å². The molecule has 3 aliphatic rings. The van der Waals surface area contributed by atoms with Crippen molar-refractivity contribution in [3.05, 3.63) is 0 Å². The Kier molecular flexibility index (Phi) is 4.76. The SMILES string of the molecule is CCC1CN(C(=O)NC2CCN3CCCCC23)CCS1. The number of hydrogen-bond donors (Lipinski definition) is 1. The molecule has 0 saturated carbocycles. The number of carbonyl (C=O) groups excluding carboxylic acids is 1. The first-order valence-corrected chi connectivity index (χ1v) is 9.24. The van der Waals surface area contributed by atoms with E-state index in [2.05, 4.69) is 17.1 Å². The van der Waals surface area contributed by atoms with Crippen molar-refractivity contribution in [3.63, 3.8) is 0 Å². The second-order valence-electron chi connectivity index (χ2n) is 6.29. The summed E-state index contributed by atoms with van der Waals surface area (Å²) in [6.07, 6.45) is 6.22. The van der Waals surface area contributed by atoms with Crippen LogP contribution < -0.4 is 5.32 Å². The lowest BCUT2D eigenvalue weighted by Crippen LogP contribution is -2.53. The molecule has 4 nitrogen and oxygen atoms in total. The van der Waals surface area contributed by atoms with E-state index in [9.17, 15) is 4.79 Å². The molecule has 3 fully saturated rings. The number of hydrogen-bond acceptors (Lipinski definition) is 3. The van der Waals surface area contributed by atoms with Crippen LogP contribution in [0.4, 0.5) is 4.79 Å². The van der Waals surface area contributed by atoms with Crippen LogP contribution in [0, 0.1) is 0 Å². The van der Waals surface area contributed by atoms with E-state index in [1.54, 1.807) is 0 Å². The molecule has 0 aliphatic carbocycles. The van der Waals surface area contributed by atoms with E-state index in [4.69, 9.17) is 0 Å². The maximum Gasteiger partial charge on any atom is 0.317 e. The highest BCUT2D eigenvalue weighted by Crippen LogP contribution is 2.27. The largest absolute Gasteiger partial charge is 0.334 e. The smallest absolute Gasteiger partial charge is 0.317 e. The van der Waals surface area contributed by atoms with E-state index < -0.39 is 0 Å². The molecular weight excluding hydrogens is 270 g/mol. The quantitative estimate of drug-likeness (QED) is 0.848. The number of carbonyl (C=O) groups is 1. The van der Waals surface area contributed by atoms with Gasteiger partial charge in [0, 0.05) is 42.7 Å². The van der Waals surface area contributed by atoms with Crippen molar-refractivity contribution in [3.8, 4) is 0 Å². The minimum Gasteiger partial charge on any atom is -0.334 e. The van der Waals surface area contributed by atoms with Crippen molar-refractivity contribution >= 4 is 17.8 Å². The van der Waals surface area contributed by atoms with Gasteiger partial charge in [-0.3, -0.25) is 4.90 Å². The molecule has 0 aromatic rings. The van der Waals surface area contributed by atoms with Gasteiger partial charge in [0.1, 0.15) is 0 Å². The number of thioether (sulfide) groups is 1. The molecule has 1 N–H and O–H groups in total. The summed E-state index contributed by atoms with van der Waals surface area (Å²) in [5.74, 6) is 1.09. The number of amides is 2. The Morgan fingerprint density at radius 2 is 2.15 bits per heavy atom. The van der Waals surface area contributed by atoms with E-state index in [1.165, 1.54) is 32.4 Å². The normalized spacial score (nSPS) is 34.9. The van der Waals surface area contributed by atoms with E-state index in [0.29, 0.717) is 17.3 Å². The Morgan fingerprint density at radius 3 is 3.00 bits per heavy atom. The second-order valence-corrected chi connectivity index (χ2v) is 7.70. The fourth-order valence-electron chi connectivity index (χ4n) is 3.82. The molecule has 0 aromatic carbocycles. The average molecular weight is 297 g/mol. The number of fused-ring (bicyclic) bond motifs is 1. The summed E-state index contributed by atoms with van der Waals surface area (Å²) in [6, 6.07) is 1.17. The summed E-state index contributed by atoms with van der Waals surface area (Å²) in [5, 5.41) is 3.96. The summed E-state index contributed by atoms with van der Waals surface area (Å²) in [6.45, 7) is 6.45. The molecule has 0 aromatic heterocycles. The molecular formula is C15H27N3OS. The lowest BCUT2D eigenvalue weighted by atomic mass is 9.99. The molecule has 0 radical (unpaired) electrons. The third-order valence-electron chi connectivity index (χ3n) is 5.05. The zero-order valence-electron chi connectivity index (χ0n) is 12.5. The van der Waals surface area contributed by atoms with Gasteiger partial charge >= 0.3 is 6.03 Å². The molecule has 3 heterocycles. The average Bonchev–Trinajstić information content (AvgIpc) is 2.90. The number of rotatable bonds is 2. The summed E-state index contributed by atoms with van der Waals surface area (Å²) in [7, 11) is 0. The fraction of sp³-hybridized carbons (Fsp3) is 0.933. The van der Waals surface area contributed by atoms with Crippen molar-refractivity contribution in [1.29, 1.82) is 0 Å². The minimum absolute atomic E-state index is 0.182. The zero-order valence-corrected chi connectivity index (χ0v) is 13.3. The summed E-state index contributed by atoms with van der Waals surface area (Å²) < 4.78 is 0. The number of nitrogens with zero attached hydrogens (tertiary/aromatic N) is 2. The summed E-state index contributed by atoms with van der Waals surface area (Å²) >= 11 is 2.02. The van der Waals surface area contributed by atoms with Crippen LogP contribution >= 0.6 is 11.8 Å². The highest BCUT2D eigenvalue weighted by Gasteiger charge is 2.37. The first-order valence-electron chi connectivity index (χ1n) is 8.19. The molecule has 3 unspecified atom stereocenters. The molecule has 3 atom stereocenters. The fourth-order valence-corrected chi connectivity index (χ4v) is 5.00. The zero-order chi connectivity index (χ0) is 13.9. The third kappa shape index (κ3) is 3.08. The lowest BCUT2D eigenvalue weighted by molar-refractivity contribution is 0.167. The minimum atomic E-state index is 0.182. The van der Waals surface area contributed by atoms with E-state index in [1.807, 2.05) is 16.7 Å². The van der Waals surface area contributed by atoms with Crippen LogP contribution in [-0.2, 0) is 0 Å². The number of nitrogens with one attached hydrogen (secondary N) is 1. The maximum atomic E-state index is 12.5. The van der Waals surface area contributed by atoms with E-state index in [0.717, 1.165) is 31.7 Å². The first kappa shape index (κ1) is 14.5. The first-order chi connectivity index (χ1) is 9.78. The van der Waals surface area contributed by atoms with Crippen LogP contribution in [0.15, 0.2) is 0 Å². The Balaban J connectivity index is 1.53. The van der Waals surface area contributed by atoms with Gasteiger partial charge in [0.05, 0.1) is 0 Å². The van der Waals surface area contributed by atoms with Gasteiger partial charge in [-0.2, -0.15) is 11.8 Å². The molecule has 0 bridgehead atoms. The highest BCUT2D eigenvalue weighted by molar-refractivity contribution is 8.00. The van der Waals surface area contributed by atoms with Crippen molar-refractivity contribution in [1.82, 2.24) is 15.1 Å². The molecule has 114 valence electrons. The van der Waals surface area contributed by atoms with Crippen molar-refractivity contribution in [2.24, 2.45) is 0 Å². The number of piperidine rings is 1. The molecule has 3 saturated heterocycles. The summed E-state index contributed by atoms with van der Waals surface area (Å²) in [5.41, 5.74) is 0. The second kappa shape index (κ2) is 6.56. The van der Waals surface area contributed by atoms with Gasteiger partial charge in [0.15, 0.2) is 0 Å². The molecule has 5 heteroatoms. The van der Waals surface area contributed by atoms with Crippen LogP contribution in [0.25, 0.3) is 0 Å². The monoisotopic (exact) mass is 297 g/mol. The van der Waals surface area contributed by atoms with Crippen LogP contribution in [-0.4, -0.2) is 65.1 Å². The third-order valence-corrected chi connectivity index (χ3v) is 6.42. The molecule has 3 aliphatic heterocycles. The standard InChI is InChI=1S/C15H27N3OS/c1-2-12-11-18(9-10-20-12)15(19)16-13-6-8-17-7-4-3-5-14(13)17/h12-14H,2-11H2,1H3,(H,16,19). The predicted octanol–water partition coefficient (Wildman–Crippen LogP) is 2.15. The molecule has 3 rings (SSSR count). The Labute approximate surface area is 126 Å². The van der Waals surface area contributed by atoms with Gasteiger partial charge in [-0.05, 0) is 32.2 Å². The van der Waals surface area contributed by atoms with Gasteiger partial charge in [-0.25, -0.2) is 4.79 Å². The van der Waals surface area contributed by atoms with Gasteiger partial charge < -0.3 is 10.2 Å². The predicted molar refractivity (Wildman–Crippen MR) is 84.3 cm³/mol. The van der Waals surface area contributed by atoms with E-state index >= 15 is 0 Å². The lowest BCUT2D eigenvalue weighted by Gasteiger charge is -2.35. The van der Waals surface area contributed by atoms with Crippen LogP contribution in [0.5, 0.6) is 0 Å². The van der Waals surface area contributed by atoms with Gasteiger partial charge in [0.25, 0.3) is 0 Å². The van der Waals surface area contributed by atoms with Crippen LogP contribution in [0.1, 0.15) is 39.0 Å². The maximum absolute atomic E-state index is 12.5. The Hall–Kier alpha value is -0.420. The Bertz CT molecular complexity index is 352. The Morgan fingerprint density at radius 1 is 1.25 bits per heavy atom. The van der Waals surface area contributed by atoms with Gasteiger partial charge in [-0.1, -0.05) is 13.3 Å². The molecule has 2 amide bonds. The topological polar surface area (TPSA) is 35.6 Å². The van der Waals surface area contributed by atoms with Crippen LogP contribution in [0.2, 0.25) is 0 Å². The van der Waals surface area contributed by atoms with Crippen molar-refractivity contribution < 1.29 is 4.79 Å².